The van der Waals surface area contributed by atoms with E-state index in [1.54, 1.807) is 12.3 Å². The number of hydrogen-bond acceptors (Lipinski definition) is 3. The SMILES string of the molecule is Cc1ccnc(Oc2cc(N)cc(Br)c2)c1Br. The maximum Gasteiger partial charge on any atom is 0.233 e. The largest absolute Gasteiger partial charge is 0.438 e. The number of anilines is 1. The fourth-order valence-electron chi connectivity index (χ4n) is 1.34. The Hall–Kier alpha value is -1.07. The lowest BCUT2D eigenvalue weighted by Gasteiger charge is -2.09. The summed E-state index contributed by atoms with van der Waals surface area (Å²) in [5.41, 5.74) is 7.44. The number of rotatable bonds is 2. The van der Waals surface area contributed by atoms with Crippen LogP contribution in [0.2, 0.25) is 0 Å². The minimum Gasteiger partial charge on any atom is -0.438 e. The topological polar surface area (TPSA) is 48.1 Å². The van der Waals surface area contributed by atoms with E-state index in [1.807, 2.05) is 25.1 Å². The molecule has 0 aliphatic rings. The van der Waals surface area contributed by atoms with Gasteiger partial charge in [-0.2, -0.15) is 0 Å². The van der Waals surface area contributed by atoms with Crippen molar-refractivity contribution in [2.24, 2.45) is 0 Å². The molecule has 88 valence electrons. The molecule has 2 rings (SSSR count). The first kappa shape index (κ1) is 12.4. The number of nitrogen functional groups attached to an aromatic ring is 1. The van der Waals surface area contributed by atoms with Crippen LogP contribution in [0.5, 0.6) is 11.6 Å². The minimum absolute atomic E-state index is 0.530. The highest BCUT2D eigenvalue weighted by Gasteiger charge is 2.07. The molecule has 0 radical (unpaired) electrons. The van der Waals surface area contributed by atoms with E-state index in [0.717, 1.165) is 14.5 Å². The number of hydrogen-bond donors (Lipinski definition) is 1. The Kier molecular flexibility index (Phi) is 3.69. The molecule has 0 saturated heterocycles. The van der Waals surface area contributed by atoms with E-state index in [4.69, 9.17) is 10.5 Å². The van der Waals surface area contributed by atoms with Crippen LogP contribution in [0.25, 0.3) is 0 Å². The molecular weight excluding hydrogens is 348 g/mol. The molecule has 0 spiro atoms. The Morgan fingerprint density at radius 3 is 2.71 bits per heavy atom. The summed E-state index contributed by atoms with van der Waals surface area (Å²) in [6.07, 6.45) is 1.71. The smallest absolute Gasteiger partial charge is 0.233 e. The predicted molar refractivity (Wildman–Crippen MR) is 75.3 cm³/mol. The number of ether oxygens (including phenoxy) is 1. The van der Waals surface area contributed by atoms with Crippen molar-refractivity contribution in [3.05, 3.63) is 45.0 Å². The van der Waals surface area contributed by atoms with Crippen LogP contribution >= 0.6 is 31.9 Å². The number of nitrogens with zero attached hydrogens (tertiary/aromatic N) is 1. The number of benzene rings is 1. The van der Waals surface area contributed by atoms with Gasteiger partial charge in [0.15, 0.2) is 0 Å². The standard InChI is InChI=1S/C12H10Br2N2O/c1-7-2-3-16-12(11(7)14)17-10-5-8(13)4-9(15)6-10/h2-6H,15H2,1H3. The van der Waals surface area contributed by atoms with Crippen LogP contribution in [0.15, 0.2) is 39.4 Å². The maximum atomic E-state index is 5.74. The van der Waals surface area contributed by atoms with Crippen LogP contribution in [-0.4, -0.2) is 4.98 Å². The van der Waals surface area contributed by atoms with Crippen molar-refractivity contribution in [2.45, 2.75) is 6.92 Å². The van der Waals surface area contributed by atoms with Crippen LogP contribution in [0.4, 0.5) is 5.69 Å². The molecule has 0 atom stereocenters. The third-order valence-corrected chi connectivity index (χ3v) is 3.58. The molecule has 17 heavy (non-hydrogen) atoms. The minimum atomic E-state index is 0.530. The second kappa shape index (κ2) is 5.06. The van der Waals surface area contributed by atoms with Gasteiger partial charge in [0.2, 0.25) is 5.88 Å². The highest BCUT2D eigenvalue weighted by atomic mass is 79.9. The molecule has 1 aromatic heterocycles. The lowest BCUT2D eigenvalue weighted by atomic mass is 10.3. The first-order chi connectivity index (χ1) is 8.06. The summed E-state index contributed by atoms with van der Waals surface area (Å²) in [6, 6.07) is 7.31. The Bertz CT molecular complexity index is 538. The summed E-state index contributed by atoms with van der Waals surface area (Å²) < 4.78 is 7.40. The van der Waals surface area contributed by atoms with Crippen LogP contribution < -0.4 is 10.5 Å². The summed E-state index contributed by atoms with van der Waals surface area (Å²) >= 11 is 6.81. The Labute approximate surface area is 116 Å². The molecule has 0 aliphatic heterocycles. The van der Waals surface area contributed by atoms with Crippen molar-refractivity contribution < 1.29 is 4.74 Å². The van der Waals surface area contributed by atoms with Crippen LogP contribution in [0, 0.1) is 6.92 Å². The van der Waals surface area contributed by atoms with Gasteiger partial charge in [0.25, 0.3) is 0 Å². The molecule has 0 saturated carbocycles. The Morgan fingerprint density at radius 2 is 2.00 bits per heavy atom. The second-order valence-electron chi connectivity index (χ2n) is 3.57. The molecule has 1 aromatic carbocycles. The lowest BCUT2D eigenvalue weighted by Crippen LogP contribution is -1.92. The number of nitrogens with two attached hydrogens (primary N) is 1. The van der Waals surface area contributed by atoms with E-state index in [9.17, 15) is 0 Å². The molecule has 2 N–H and O–H groups in total. The summed E-state index contributed by atoms with van der Waals surface area (Å²) in [6.45, 7) is 1.98. The first-order valence-electron chi connectivity index (χ1n) is 4.91. The number of pyridine rings is 1. The van der Waals surface area contributed by atoms with Crippen molar-refractivity contribution in [1.82, 2.24) is 4.98 Å². The average molecular weight is 358 g/mol. The summed E-state index contributed by atoms with van der Waals surface area (Å²) in [5, 5.41) is 0. The van der Waals surface area contributed by atoms with Crippen molar-refractivity contribution in [3.8, 4) is 11.6 Å². The number of aromatic nitrogens is 1. The zero-order valence-electron chi connectivity index (χ0n) is 9.08. The van der Waals surface area contributed by atoms with Gasteiger partial charge >= 0.3 is 0 Å². The normalized spacial score (nSPS) is 10.3. The third kappa shape index (κ3) is 2.98. The van der Waals surface area contributed by atoms with E-state index in [-0.39, 0.29) is 0 Å². The van der Waals surface area contributed by atoms with Gasteiger partial charge in [0.1, 0.15) is 5.75 Å². The molecule has 0 bridgehead atoms. The number of halogens is 2. The molecule has 2 aromatic rings. The summed E-state index contributed by atoms with van der Waals surface area (Å²) in [7, 11) is 0. The highest BCUT2D eigenvalue weighted by Crippen LogP contribution is 2.32. The lowest BCUT2D eigenvalue weighted by molar-refractivity contribution is 0.459. The monoisotopic (exact) mass is 356 g/mol. The van der Waals surface area contributed by atoms with Crippen molar-refractivity contribution >= 4 is 37.5 Å². The highest BCUT2D eigenvalue weighted by molar-refractivity contribution is 9.10. The predicted octanol–water partition coefficient (Wildman–Crippen LogP) is 4.29. The van der Waals surface area contributed by atoms with Crippen LogP contribution in [0.3, 0.4) is 0 Å². The zero-order valence-corrected chi connectivity index (χ0v) is 12.2. The Balaban J connectivity index is 2.34. The zero-order chi connectivity index (χ0) is 12.4. The molecule has 1 heterocycles. The van der Waals surface area contributed by atoms with Gasteiger partial charge in [-0.1, -0.05) is 15.9 Å². The second-order valence-corrected chi connectivity index (χ2v) is 5.28. The Morgan fingerprint density at radius 1 is 1.24 bits per heavy atom. The van der Waals surface area contributed by atoms with Crippen molar-refractivity contribution in [2.75, 3.05) is 5.73 Å². The van der Waals surface area contributed by atoms with Gasteiger partial charge in [0, 0.05) is 22.4 Å². The van der Waals surface area contributed by atoms with Gasteiger partial charge in [-0.05, 0) is 46.6 Å². The molecular formula is C12H10Br2N2O. The van der Waals surface area contributed by atoms with E-state index in [0.29, 0.717) is 17.3 Å². The van der Waals surface area contributed by atoms with Gasteiger partial charge in [-0.3, -0.25) is 0 Å². The molecule has 0 fully saturated rings. The van der Waals surface area contributed by atoms with Gasteiger partial charge in [-0.25, -0.2) is 4.98 Å². The van der Waals surface area contributed by atoms with E-state index >= 15 is 0 Å². The third-order valence-electron chi connectivity index (χ3n) is 2.16. The van der Waals surface area contributed by atoms with Crippen LogP contribution in [-0.2, 0) is 0 Å². The van der Waals surface area contributed by atoms with E-state index in [2.05, 4.69) is 36.8 Å². The molecule has 0 aliphatic carbocycles. The van der Waals surface area contributed by atoms with E-state index in [1.165, 1.54) is 0 Å². The van der Waals surface area contributed by atoms with Crippen LogP contribution in [0.1, 0.15) is 5.56 Å². The maximum absolute atomic E-state index is 5.74. The molecule has 5 heteroatoms. The van der Waals surface area contributed by atoms with Crippen molar-refractivity contribution in [3.63, 3.8) is 0 Å². The fourth-order valence-corrected chi connectivity index (χ4v) is 2.15. The number of aryl methyl sites for hydroxylation is 1. The summed E-state index contributed by atoms with van der Waals surface area (Å²) in [5.74, 6) is 1.18. The molecule has 3 nitrogen and oxygen atoms in total. The fraction of sp³-hybridized carbons (Fsp3) is 0.0833. The average Bonchev–Trinajstić information content (AvgIpc) is 2.23. The van der Waals surface area contributed by atoms with Gasteiger partial charge in [0.05, 0.1) is 4.47 Å². The molecule has 0 amide bonds. The van der Waals surface area contributed by atoms with E-state index < -0.39 is 0 Å². The van der Waals surface area contributed by atoms with Crippen molar-refractivity contribution in [1.29, 1.82) is 0 Å². The summed E-state index contributed by atoms with van der Waals surface area (Å²) in [4.78, 5) is 4.17. The van der Waals surface area contributed by atoms with Gasteiger partial charge < -0.3 is 10.5 Å². The molecule has 0 unspecified atom stereocenters. The quantitative estimate of drug-likeness (QED) is 0.815. The van der Waals surface area contributed by atoms with Gasteiger partial charge in [-0.15, -0.1) is 0 Å². The first-order valence-corrected chi connectivity index (χ1v) is 6.50.